The molecule has 138 heavy (non-hydrogen) atoms. The van der Waals surface area contributed by atoms with E-state index < -0.39 is 21.1 Å². The topological polar surface area (TPSA) is 454 Å². The number of carbonyl (C=O) groups is 9. The molecule has 0 saturated carbocycles. The highest BCUT2D eigenvalue weighted by Gasteiger charge is 2.29. The third-order valence-electron chi connectivity index (χ3n) is 20.6. The van der Waals surface area contributed by atoms with E-state index in [1.807, 2.05) is 37.6 Å². The number of carbonyl (C=O) groups excluding carboxylic acids is 9. The normalized spacial score (nSPS) is 13.9. The number of hydrogen-bond donors (Lipinski definition) is 11. The van der Waals surface area contributed by atoms with Crippen LogP contribution in [0.1, 0.15) is 382 Å². The minimum atomic E-state index is -3.43. The molecule has 36 nitrogen and oxygen atoms in total. The van der Waals surface area contributed by atoms with Crippen LogP contribution in [0.25, 0.3) is 0 Å². The van der Waals surface area contributed by atoms with Gasteiger partial charge in [-0.1, -0.05) is 226 Å². The number of hydroxylamine groups is 5. The number of rotatable bonds is 40. The summed E-state index contributed by atoms with van der Waals surface area (Å²) in [5.74, 6) is 3.49. The Hall–Kier alpha value is -7.64. The number of hydrazone groups is 1. The molecule has 4 aliphatic rings. The number of likely N-dealkylation sites (tertiary alicyclic amines) is 1. The molecule has 0 aliphatic carbocycles. The monoisotopic (exact) mass is 2000 g/mol. The van der Waals surface area contributed by atoms with Crippen LogP contribution in [0.3, 0.4) is 0 Å². The van der Waals surface area contributed by atoms with E-state index in [1.165, 1.54) is 44.6 Å². The van der Waals surface area contributed by atoms with E-state index in [0.29, 0.717) is 94.6 Å². The molecular formula is C101H210N18O18S. The molecule has 0 atom stereocenters. The van der Waals surface area contributed by atoms with Gasteiger partial charge in [0, 0.05) is 132 Å². The maximum absolute atomic E-state index is 11.3. The lowest BCUT2D eigenvalue weighted by Gasteiger charge is -2.21. The Morgan fingerprint density at radius 1 is 0.514 bits per heavy atom. The summed E-state index contributed by atoms with van der Waals surface area (Å²) in [6, 6.07) is -0.132. The van der Waals surface area contributed by atoms with Crippen molar-refractivity contribution >= 4 is 75.7 Å². The molecule has 818 valence electrons. The first kappa shape index (κ1) is 143. The molecule has 0 spiro atoms. The number of nitro groups is 1. The Labute approximate surface area is 839 Å². The van der Waals surface area contributed by atoms with Gasteiger partial charge >= 0.3 is 24.2 Å². The molecule has 0 unspecified atom stereocenters. The fourth-order valence-electron chi connectivity index (χ4n) is 12.3. The number of ether oxygens (including phenoxy) is 2. The Morgan fingerprint density at radius 3 is 1.28 bits per heavy atom. The van der Waals surface area contributed by atoms with Crippen molar-refractivity contribution in [2.45, 2.75) is 382 Å². The molecule has 0 aromatic heterocycles. The number of nitrogens with zero attached hydrogens (tertiary/aromatic N) is 10. The van der Waals surface area contributed by atoms with Gasteiger partial charge in [0.1, 0.15) is 11.7 Å². The molecule has 0 radical (unpaired) electrons. The summed E-state index contributed by atoms with van der Waals surface area (Å²) in [5.41, 5.74) is 2.29. The maximum atomic E-state index is 11.3. The molecule has 4 heterocycles. The number of sulfonamides is 1. The van der Waals surface area contributed by atoms with Gasteiger partial charge in [0.15, 0.2) is 11.0 Å². The van der Waals surface area contributed by atoms with E-state index in [2.05, 4.69) is 251 Å². The lowest BCUT2D eigenvalue weighted by Crippen LogP contribution is -2.36. The van der Waals surface area contributed by atoms with Crippen LogP contribution in [-0.2, 0) is 43.5 Å². The summed E-state index contributed by atoms with van der Waals surface area (Å²) < 4.78 is 31.0. The summed E-state index contributed by atoms with van der Waals surface area (Å²) in [4.78, 5) is 120. The highest BCUT2D eigenvalue weighted by Crippen LogP contribution is 2.26. The second kappa shape index (κ2) is 79.9. The molecule has 11 amide bonds. The number of cyclic esters (lactones) is 1. The molecule has 4 saturated heterocycles. The molecule has 11 N–H and O–H groups in total. The zero-order valence-corrected chi connectivity index (χ0v) is 95.2. The average molecular weight is 2000 g/mol. The predicted molar refractivity (Wildman–Crippen MR) is 563 cm³/mol. The standard InChI is InChI=1S/C11H21NO.C11H23NO.C10H23N3.C10H21NO.C9H16N2O2.C9H18N2O.C9H19NO3.C9H19NO2.C8H18N4O2.C8H19NO3S.C7H13NO2/c1-11(2,3)7-5-9-12-8-4-6-10(12)13;1-9(2)10(13)12-8-6-7-11(3,4)5;1-10(2,3)7-6-8-13-9(11-4)12-5;1-5-9(12)11-8-6-7-10(2,3)4;1-7(2)4-3-5-11-8(12)6-10-9(11)13;1-8(2)4-3-6-11-7-5-10-9(11)12;1-9(2,3)6-5-7-10(12)8(11)13-4;1-8(11)10(12)7-5-6-9(2,3)4;1-7(2)5-4-6-10-8(9-3)11-12(13)14;1-8(2,3)6-5-7-9(10)13(4,11)12;1-2-3-4-8-5-6-10-7(8)9/h4-9H2,1-3H3;9H,6-8H2,1-5H3,(H,12,13);6-8H2,1-5H3,(H2,11,12,13);5-8H2,1-4H3,(H,11,12);7H,3-6H2,1-2H3,(H,10,13);8H,3-7H2,1-2H3,(H,10,12);12H,5-7H2,1-4H3;12H,5-7H2,1-4H3;7H,4-6H2,1-3H3,(H2,9,10,11);10H,5-7H2,1-4H3;2-6H2,1H3. The summed E-state index contributed by atoms with van der Waals surface area (Å²) in [7, 11) is 3.06. The Balaban J connectivity index is -0.000000274. The highest BCUT2D eigenvalue weighted by atomic mass is 32.2. The Bertz CT molecular complexity index is 3370. The molecule has 4 rings (SSSR count). The van der Waals surface area contributed by atoms with E-state index in [1.54, 1.807) is 19.0 Å². The van der Waals surface area contributed by atoms with Crippen LogP contribution in [-0.4, -0.2) is 275 Å². The first-order valence-electron chi connectivity index (χ1n) is 50.9. The van der Waals surface area contributed by atoms with Crippen molar-refractivity contribution in [1.29, 1.82) is 0 Å². The van der Waals surface area contributed by atoms with Gasteiger partial charge in [-0.15, -0.1) is 0 Å². The van der Waals surface area contributed by atoms with Crippen LogP contribution in [0.4, 0.5) is 19.2 Å². The van der Waals surface area contributed by atoms with Crippen molar-refractivity contribution in [2.24, 2.45) is 71.7 Å². The zero-order valence-electron chi connectivity index (χ0n) is 94.4. The first-order valence-corrected chi connectivity index (χ1v) is 52.7. The summed E-state index contributed by atoms with van der Waals surface area (Å²) in [6.07, 6.45) is 25.6. The van der Waals surface area contributed by atoms with Gasteiger partial charge in [0.05, 0.1) is 33.0 Å². The molecule has 4 fully saturated rings. The summed E-state index contributed by atoms with van der Waals surface area (Å²) in [6.45, 7) is 79.8. The van der Waals surface area contributed by atoms with Crippen molar-refractivity contribution in [3.63, 3.8) is 0 Å². The minimum Gasteiger partial charge on any atom is -0.451 e. The number of imide groups is 1. The highest BCUT2D eigenvalue weighted by molar-refractivity contribution is 7.88. The second-order valence-electron chi connectivity index (χ2n) is 45.4. The number of amides is 11. The van der Waals surface area contributed by atoms with E-state index in [0.717, 1.165) is 211 Å². The molecule has 37 heteroatoms. The number of aliphatic imine (C=N–C) groups is 1. The largest absolute Gasteiger partial charge is 0.451 e. The average Bonchev–Trinajstić information content (AvgIpc) is 1.73. The SMILES string of the molecule is CC(=O)N(O)CCCC(C)(C)C.CC(C)(C)CCCN(O)S(C)(=O)=O.CC(C)(C)CCCN1CCCC1=O.CC(C)C(=O)NCCCC(C)(C)C.CC(C)CCCN1C(=O)CNC1=O.CC(C)CCCN1CCNC1=O.CCC(=O)NCCCC(C)(C)C.CCCCN1CCOC1=O.CN/C(=N\[N+](=O)[O-])NCCCC(C)C.CN=C(NC)NCCCC(C)(C)C.COC(=O)N(O)CCCC(C)(C)C. The second-order valence-corrected chi connectivity index (χ2v) is 47.3. The quantitative estimate of drug-likeness (QED) is 0.00516. The van der Waals surface area contributed by atoms with Gasteiger partial charge < -0.3 is 66.7 Å². The molecule has 0 aromatic carbocycles. The fraction of sp³-hybridized carbons (Fsp3) is 0.891. The van der Waals surface area contributed by atoms with Crippen LogP contribution in [0.5, 0.6) is 0 Å². The lowest BCUT2D eigenvalue weighted by atomic mass is 9.90. The summed E-state index contributed by atoms with van der Waals surface area (Å²) >= 11 is 0. The van der Waals surface area contributed by atoms with Crippen molar-refractivity contribution < 1.29 is 81.7 Å². The van der Waals surface area contributed by atoms with E-state index in [9.17, 15) is 61.7 Å². The summed E-state index contributed by atoms with van der Waals surface area (Å²) in [5, 5.41) is 63.7. The van der Waals surface area contributed by atoms with Gasteiger partial charge in [-0.3, -0.25) is 49.5 Å². The maximum Gasteiger partial charge on any atom is 0.433 e. The lowest BCUT2D eigenvalue weighted by molar-refractivity contribution is -0.485. The first-order chi connectivity index (χ1) is 63.3. The van der Waals surface area contributed by atoms with E-state index in [4.69, 9.17) is 20.4 Å². The predicted octanol–water partition coefficient (Wildman–Crippen LogP) is 19.2. The van der Waals surface area contributed by atoms with Gasteiger partial charge in [0.2, 0.25) is 39.6 Å². The number of urea groups is 2. The van der Waals surface area contributed by atoms with Crippen LogP contribution < -0.4 is 42.5 Å². The third kappa shape index (κ3) is 103. The van der Waals surface area contributed by atoms with Crippen LogP contribution in [0, 0.1) is 71.7 Å². The van der Waals surface area contributed by atoms with Crippen molar-refractivity contribution in [3.8, 4) is 0 Å². The Morgan fingerprint density at radius 2 is 0.920 bits per heavy atom. The number of unbranched alkanes of at least 4 members (excludes halogenated alkanes) is 1. The minimum absolute atomic E-state index is 0.103. The number of methoxy groups -OCH3 is 1. The van der Waals surface area contributed by atoms with E-state index in [-0.39, 0.29) is 83.0 Å². The van der Waals surface area contributed by atoms with Crippen LogP contribution in [0.15, 0.2) is 10.1 Å². The fourth-order valence-corrected chi connectivity index (χ4v) is 12.8. The van der Waals surface area contributed by atoms with Gasteiger partial charge in [0.25, 0.3) is 5.96 Å². The van der Waals surface area contributed by atoms with Crippen molar-refractivity contribution in [2.75, 3.05) is 146 Å². The molecule has 0 bridgehead atoms. The van der Waals surface area contributed by atoms with Crippen molar-refractivity contribution in [1.82, 2.24) is 76.7 Å². The third-order valence-corrected chi connectivity index (χ3v) is 21.6. The molecule has 4 aliphatic heterocycles. The number of guanidine groups is 2. The molecular weight excluding hydrogens is 1790 g/mol. The number of hydrogen-bond acceptors (Lipinski definition) is 19. The van der Waals surface area contributed by atoms with Crippen molar-refractivity contribution in [3.05, 3.63) is 10.1 Å². The van der Waals surface area contributed by atoms with Gasteiger partial charge in [-0.2, -0.15) is 5.06 Å². The number of nitrogens with one attached hydrogen (secondary N) is 8. The molecule has 0 aromatic rings. The van der Waals surface area contributed by atoms with Gasteiger partial charge in [-0.25, -0.2) is 42.8 Å². The smallest absolute Gasteiger partial charge is 0.433 e. The van der Waals surface area contributed by atoms with Crippen LogP contribution >= 0.6 is 0 Å². The zero-order chi connectivity index (χ0) is 108. The van der Waals surface area contributed by atoms with Crippen LogP contribution in [0.2, 0.25) is 0 Å². The van der Waals surface area contributed by atoms with E-state index >= 15 is 0 Å². The Kier molecular flexibility index (Phi) is 83.0. The van der Waals surface area contributed by atoms with Gasteiger partial charge in [-0.05, 0) is 197 Å².